The van der Waals surface area contributed by atoms with Gasteiger partial charge in [0, 0.05) is 23.4 Å². The highest BCUT2D eigenvalue weighted by molar-refractivity contribution is 6.29. The number of carbonyl (C=O) groups excluding carboxylic acids is 1. The van der Waals surface area contributed by atoms with Gasteiger partial charge in [0.25, 0.3) is 5.91 Å². The maximum Gasteiger partial charge on any atom is 0.271 e. The number of pyridine rings is 1. The van der Waals surface area contributed by atoms with Crippen LogP contribution in [0.5, 0.6) is 5.75 Å². The van der Waals surface area contributed by atoms with Gasteiger partial charge in [-0.05, 0) is 63.4 Å². The maximum absolute atomic E-state index is 13.4. The molecule has 1 aromatic carbocycles. The molecule has 8 nitrogen and oxygen atoms in total. The van der Waals surface area contributed by atoms with E-state index in [-0.39, 0.29) is 22.0 Å². The summed E-state index contributed by atoms with van der Waals surface area (Å²) in [7, 11) is 0. The summed E-state index contributed by atoms with van der Waals surface area (Å²) in [5, 5.41) is 5.06. The van der Waals surface area contributed by atoms with Crippen LogP contribution in [0.4, 0.5) is 0 Å². The van der Waals surface area contributed by atoms with Crippen LogP contribution in [0.1, 0.15) is 52.3 Å². The first kappa shape index (κ1) is 22.2. The molecule has 3 aromatic heterocycles. The quantitative estimate of drug-likeness (QED) is 0.422. The van der Waals surface area contributed by atoms with Crippen LogP contribution >= 0.6 is 11.6 Å². The van der Waals surface area contributed by atoms with Gasteiger partial charge in [-0.15, -0.1) is 0 Å². The third kappa shape index (κ3) is 3.64. The van der Waals surface area contributed by atoms with E-state index in [4.69, 9.17) is 26.5 Å². The van der Waals surface area contributed by atoms with Crippen LogP contribution in [0.2, 0.25) is 5.15 Å². The number of aromatic nitrogens is 3. The topological polar surface area (TPSA) is 113 Å². The Morgan fingerprint density at radius 2 is 2.09 bits per heavy atom. The highest BCUT2D eigenvalue weighted by Crippen LogP contribution is 2.35. The van der Waals surface area contributed by atoms with Crippen LogP contribution in [-0.2, 0) is 13.0 Å². The smallest absolute Gasteiger partial charge is 0.271 e. The van der Waals surface area contributed by atoms with Gasteiger partial charge in [-0.25, -0.2) is 4.98 Å². The number of amides is 1. The summed E-state index contributed by atoms with van der Waals surface area (Å²) in [4.78, 5) is 29.2. The average Bonchev–Trinajstić information content (AvgIpc) is 3.41. The van der Waals surface area contributed by atoms with Crippen molar-refractivity contribution in [1.29, 1.82) is 0 Å². The number of aryl methyl sites for hydroxylation is 2. The van der Waals surface area contributed by atoms with Crippen molar-refractivity contribution in [3.05, 3.63) is 73.9 Å². The van der Waals surface area contributed by atoms with Gasteiger partial charge in [0.05, 0.1) is 17.1 Å². The molecule has 5 rings (SSSR count). The van der Waals surface area contributed by atoms with E-state index >= 15 is 0 Å². The highest BCUT2D eigenvalue weighted by atomic mass is 35.5. The molecular formula is C25H23ClN4O4. The van der Waals surface area contributed by atoms with Gasteiger partial charge < -0.3 is 14.9 Å². The van der Waals surface area contributed by atoms with E-state index in [0.29, 0.717) is 27.9 Å². The number of rotatable bonds is 5. The van der Waals surface area contributed by atoms with Crippen molar-refractivity contribution >= 4 is 28.5 Å². The fraction of sp³-hybridized carbons (Fsp3) is 0.280. The molecule has 0 unspecified atom stereocenters. The van der Waals surface area contributed by atoms with E-state index in [1.54, 1.807) is 19.2 Å². The number of ether oxygens (including phenoxy) is 1. The zero-order chi connectivity index (χ0) is 24.1. The Labute approximate surface area is 200 Å². The maximum atomic E-state index is 13.4. The molecule has 0 radical (unpaired) electrons. The standard InChI is InChI=1S/C25H23ClN4O4/c1-12-9-15(14(3)33-19-6-7-20(26)29-21(19)25(27)32)24-16(10-12)22(31)13(2)23(34-24)17-11-28-30-8-4-5-18(17)30/h6-7,9-11,14H,4-5,8H2,1-3H3,(H2,27,32)/t14-/m1/s1. The second-order valence-electron chi connectivity index (χ2n) is 8.55. The largest absolute Gasteiger partial charge is 0.483 e. The van der Waals surface area contributed by atoms with Crippen molar-refractivity contribution in [3.63, 3.8) is 0 Å². The van der Waals surface area contributed by atoms with Gasteiger partial charge in [-0.3, -0.25) is 14.3 Å². The van der Waals surface area contributed by atoms with Crippen molar-refractivity contribution in [2.45, 2.75) is 46.3 Å². The molecule has 1 atom stereocenters. The number of halogens is 1. The molecule has 1 aliphatic rings. The lowest BCUT2D eigenvalue weighted by atomic mass is 9.99. The van der Waals surface area contributed by atoms with Crippen molar-refractivity contribution in [2.24, 2.45) is 5.73 Å². The molecule has 9 heteroatoms. The molecule has 2 N–H and O–H groups in total. The summed E-state index contributed by atoms with van der Waals surface area (Å²) in [5.74, 6) is -0.0366. The summed E-state index contributed by atoms with van der Waals surface area (Å²) in [6.45, 7) is 6.35. The zero-order valence-corrected chi connectivity index (χ0v) is 19.8. The lowest BCUT2D eigenvalue weighted by Crippen LogP contribution is -2.17. The third-order valence-electron chi connectivity index (χ3n) is 6.17. The number of primary amides is 1. The molecule has 0 bridgehead atoms. The molecule has 174 valence electrons. The van der Waals surface area contributed by atoms with E-state index in [1.165, 1.54) is 6.07 Å². The number of benzene rings is 1. The lowest BCUT2D eigenvalue weighted by molar-refractivity contribution is 0.0988. The average molecular weight is 479 g/mol. The molecule has 4 heterocycles. The minimum absolute atomic E-state index is 0.0651. The minimum Gasteiger partial charge on any atom is -0.483 e. The van der Waals surface area contributed by atoms with Crippen LogP contribution in [0.3, 0.4) is 0 Å². The molecule has 0 saturated heterocycles. The van der Waals surface area contributed by atoms with E-state index in [2.05, 4.69) is 10.1 Å². The zero-order valence-electron chi connectivity index (χ0n) is 19.0. The van der Waals surface area contributed by atoms with Gasteiger partial charge in [-0.1, -0.05) is 11.6 Å². The van der Waals surface area contributed by atoms with Crippen molar-refractivity contribution in [2.75, 3.05) is 0 Å². The molecule has 0 spiro atoms. The number of hydrogen-bond acceptors (Lipinski definition) is 6. The Hall–Kier alpha value is -3.65. The van der Waals surface area contributed by atoms with Crippen LogP contribution in [0.15, 0.2) is 39.7 Å². The Balaban J connectivity index is 1.66. The van der Waals surface area contributed by atoms with Gasteiger partial charge >= 0.3 is 0 Å². The van der Waals surface area contributed by atoms with Gasteiger partial charge in [0.1, 0.15) is 22.6 Å². The lowest BCUT2D eigenvalue weighted by Gasteiger charge is -2.19. The van der Waals surface area contributed by atoms with Crippen molar-refractivity contribution in [3.8, 4) is 17.1 Å². The first-order valence-electron chi connectivity index (χ1n) is 11.0. The number of hydrogen-bond donors (Lipinski definition) is 1. The summed E-state index contributed by atoms with van der Waals surface area (Å²) in [6.07, 6.45) is 3.08. The molecule has 0 fully saturated rings. The van der Waals surface area contributed by atoms with Gasteiger partial charge in [0.15, 0.2) is 16.9 Å². The molecule has 34 heavy (non-hydrogen) atoms. The Bertz CT molecular complexity index is 1520. The van der Waals surface area contributed by atoms with E-state index in [1.807, 2.05) is 30.7 Å². The van der Waals surface area contributed by atoms with Crippen LogP contribution in [0.25, 0.3) is 22.3 Å². The fourth-order valence-corrected chi connectivity index (χ4v) is 4.68. The predicted octanol–water partition coefficient (Wildman–Crippen LogP) is 4.51. The Morgan fingerprint density at radius 3 is 2.85 bits per heavy atom. The molecule has 0 aliphatic carbocycles. The Morgan fingerprint density at radius 1 is 1.29 bits per heavy atom. The first-order chi connectivity index (χ1) is 16.2. The number of carbonyl (C=O) groups is 1. The summed E-state index contributed by atoms with van der Waals surface area (Å²) in [5.41, 5.74) is 9.73. The second kappa shape index (κ2) is 8.29. The molecule has 1 amide bonds. The summed E-state index contributed by atoms with van der Waals surface area (Å²) < 4.78 is 14.5. The summed E-state index contributed by atoms with van der Waals surface area (Å²) in [6, 6.07) is 6.79. The van der Waals surface area contributed by atoms with Gasteiger partial charge in [0.2, 0.25) is 0 Å². The van der Waals surface area contributed by atoms with Crippen molar-refractivity contribution in [1.82, 2.24) is 14.8 Å². The minimum atomic E-state index is -0.752. The third-order valence-corrected chi connectivity index (χ3v) is 6.38. The van der Waals surface area contributed by atoms with E-state index in [9.17, 15) is 9.59 Å². The van der Waals surface area contributed by atoms with E-state index in [0.717, 1.165) is 36.2 Å². The number of nitrogens with two attached hydrogens (primary N) is 1. The van der Waals surface area contributed by atoms with Crippen LogP contribution < -0.4 is 15.9 Å². The molecule has 1 aliphatic heterocycles. The number of fused-ring (bicyclic) bond motifs is 2. The highest BCUT2D eigenvalue weighted by Gasteiger charge is 2.25. The second-order valence-corrected chi connectivity index (χ2v) is 8.94. The normalized spacial score (nSPS) is 13.8. The molecule has 0 saturated carbocycles. The summed E-state index contributed by atoms with van der Waals surface area (Å²) >= 11 is 5.92. The fourth-order valence-electron chi connectivity index (χ4n) is 4.53. The monoisotopic (exact) mass is 478 g/mol. The Kier molecular flexibility index (Phi) is 5.40. The van der Waals surface area contributed by atoms with Crippen LogP contribution in [0, 0.1) is 13.8 Å². The first-order valence-corrected chi connectivity index (χ1v) is 11.4. The molecule has 4 aromatic rings. The molecular weight excluding hydrogens is 456 g/mol. The van der Waals surface area contributed by atoms with Gasteiger partial charge in [-0.2, -0.15) is 5.10 Å². The van der Waals surface area contributed by atoms with Crippen LogP contribution in [-0.4, -0.2) is 20.7 Å². The predicted molar refractivity (Wildman–Crippen MR) is 128 cm³/mol. The number of nitrogens with zero attached hydrogens (tertiary/aromatic N) is 3. The van der Waals surface area contributed by atoms with E-state index < -0.39 is 12.0 Å². The van der Waals surface area contributed by atoms with Crippen molar-refractivity contribution < 1.29 is 13.9 Å². The SMILES string of the molecule is Cc1cc([C@@H](C)Oc2ccc(Cl)nc2C(N)=O)c2oc(-c3cnn4c3CCC4)c(C)c(=O)c2c1.